The highest BCUT2D eigenvalue weighted by atomic mass is 32.1. The van der Waals surface area contributed by atoms with Gasteiger partial charge in [-0.3, -0.25) is 4.68 Å². The van der Waals surface area contributed by atoms with E-state index in [-0.39, 0.29) is 12.6 Å². The van der Waals surface area contributed by atoms with E-state index in [0.717, 1.165) is 17.1 Å². The number of aliphatic hydroxyl groups excluding tert-OH is 1. The van der Waals surface area contributed by atoms with Crippen LogP contribution in [-0.4, -0.2) is 26.5 Å². The van der Waals surface area contributed by atoms with Crippen LogP contribution < -0.4 is 5.32 Å². The molecule has 2 heterocycles. The molecule has 2 rings (SSSR count). The molecule has 18 heavy (non-hydrogen) atoms. The Bertz CT molecular complexity index is 494. The molecule has 0 aromatic carbocycles. The largest absolute Gasteiger partial charge is 0.394 e. The van der Waals surface area contributed by atoms with E-state index in [4.69, 9.17) is 5.11 Å². The zero-order chi connectivity index (χ0) is 13.0. The van der Waals surface area contributed by atoms with Crippen LogP contribution in [-0.2, 0) is 13.1 Å². The quantitative estimate of drug-likeness (QED) is 0.831. The molecule has 1 atom stereocenters. The molecule has 0 bridgehead atoms. The third kappa shape index (κ3) is 3.38. The first kappa shape index (κ1) is 13.2. The maximum Gasteiger partial charge on any atom is 0.109 e. The molecule has 0 fully saturated rings. The second kappa shape index (κ2) is 6.08. The minimum absolute atomic E-state index is 0.114. The van der Waals surface area contributed by atoms with Gasteiger partial charge in [-0.05, 0) is 13.8 Å². The Morgan fingerprint density at radius 2 is 2.33 bits per heavy atom. The molecule has 5 nitrogen and oxygen atoms in total. The maximum absolute atomic E-state index is 8.81. The van der Waals surface area contributed by atoms with Crippen LogP contribution >= 0.6 is 11.3 Å². The van der Waals surface area contributed by atoms with Gasteiger partial charge in [-0.1, -0.05) is 0 Å². The summed E-state index contributed by atoms with van der Waals surface area (Å²) in [6.07, 6.45) is 5.67. The molecule has 1 unspecified atom stereocenters. The first-order chi connectivity index (χ1) is 8.69. The summed E-state index contributed by atoms with van der Waals surface area (Å²) in [6.45, 7) is 5.58. The van der Waals surface area contributed by atoms with Gasteiger partial charge in [-0.2, -0.15) is 5.10 Å². The molecule has 2 aromatic rings. The molecule has 0 spiro atoms. The Morgan fingerprint density at radius 1 is 1.50 bits per heavy atom. The summed E-state index contributed by atoms with van der Waals surface area (Å²) in [7, 11) is 0. The summed E-state index contributed by atoms with van der Waals surface area (Å²) in [5.74, 6) is 0. The van der Waals surface area contributed by atoms with Crippen LogP contribution in [0.4, 0.5) is 0 Å². The highest BCUT2D eigenvalue weighted by Gasteiger charge is 2.09. The third-order valence-electron chi connectivity index (χ3n) is 2.64. The summed E-state index contributed by atoms with van der Waals surface area (Å²) in [5.41, 5.74) is 1.11. The number of rotatable bonds is 6. The van der Waals surface area contributed by atoms with Crippen molar-refractivity contribution < 1.29 is 5.11 Å². The second-order valence-corrected chi connectivity index (χ2v) is 5.51. The monoisotopic (exact) mass is 266 g/mol. The molecular formula is C12H18N4OS. The lowest BCUT2D eigenvalue weighted by atomic mass is 10.3. The number of nitrogens with one attached hydrogen (secondary N) is 1. The van der Waals surface area contributed by atoms with Crippen LogP contribution in [0.5, 0.6) is 0 Å². The van der Waals surface area contributed by atoms with Crippen molar-refractivity contribution in [3.05, 3.63) is 34.0 Å². The summed E-state index contributed by atoms with van der Waals surface area (Å²) in [5, 5.41) is 17.5. The SMILES string of the molecule is Cc1cnc(C(C)NCc2cnn(CCO)c2)s1. The molecule has 2 aromatic heterocycles. The van der Waals surface area contributed by atoms with Crippen molar-refractivity contribution in [1.82, 2.24) is 20.1 Å². The standard InChI is InChI=1S/C12H18N4OS/c1-9-5-14-12(18-9)10(2)13-6-11-7-15-16(8-11)3-4-17/h5,7-8,10,13,17H,3-4,6H2,1-2H3. The molecule has 0 saturated carbocycles. The molecule has 0 aliphatic rings. The highest BCUT2D eigenvalue weighted by molar-refractivity contribution is 7.11. The fourth-order valence-corrected chi connectivity index (χ4v) is 2.45. The van der Waals surface area contributed by atoms with Crippen LogP contribution in [0, 0.1) is 6.92 Å². The van der Waals surface area contributed by atoms with Crippen LogP contribution in [0.25, 0.3) is 0 Å². The van der Waals surface area contributed by atoms with Crippen LogP contribution in [0.3, 0.4) is 0 Å². The first-order valence-electron chi connectivity index (χ1n) is 5.97. The number of nitrogens with zero attached hydrogens (tertiary/aromatic N) is 3. The van der Waals surface area contributed by atoms with Crippen molar-refractivity contribution in [1.29, 1.82) is 0 Å². The first-order valence-corrected chi connectivity index (χ1v) is 6.78. The zero-order valence-electron chi connectivity index (χ0n) is 10.6. The average Bonchev–Trinajstić information content (AvgIpc) is 2.96. The van der Waals surface area contributed by atoms with E-state index in [2.05, 4.69) is 29.2 Å². The van der Waals surface area contributed by atoms with E-state index in [1.807, 2.05) is 18.6 Å². The second-order valence-electron chi connectivity index (χ2n) is 4.25. The topological polar surface area (TPSA) is 63.0 Å². The van der Waals surface area contributed by atoms with Crippen molar-refractivity contribution in [3.63, 3.8) is 0 Å². The lowest BCUT2D eigenvalue weighted by Gasteiger charge is -2.09. The molecule has 0 aliphatic heterocycles. The molecule has 2 N–H and O–H groups in total. The highest BCUT2D eigenvalue weighted by Crippen LogP contribution is 2.19. The summed E-state index contributed by atoms with van der Waals surface area (Å²) >= 11 is 1.72. The zero-order valence-corrected chi connectivity index (χ0v) is 11.4. The minimum atomic E-state index is 0.114. The number of hydrogen-bond acceptors (Lipinski definition) is 5. The molecular weight excluding hydrogens is 248 g/mol. The van der Waals surface area contributed by atoms with Crippen molar-refractivity contribution >= 4 is 11.3 Å². The molecule has 0 radical (unpaired) electrons. The Labute approximate surface area is 110 Å². The number of aliphatic hydroxyl groups is 1. The Morgan fingerprint density at radius 3 is 3.00 bits per heavy atom. The molecule has 0 saturated heterocycles. The fraction of sp³-hybridized carbons (Fsp3) is 0.500. The predicted octanol–water partition coefficient (Wildman–Crippen LogP) is 1.49. The van der Waals surface area contributed by atoms with Crippen LogP contribution in [0.1, 0.15) is 28.4 Å². The van der Waals surface area contributed by atoms with E-state index in [9.17, 15) is 0 Å². The van der Waals surface area contributed by atoms with Crippen molar-refractivity contribution in [3.8, 4) is 0 Å². The number of aromatic nitrogens is 3. The minimum Gasteiger partial charge on any atom is -0.394 e. The Kier molecular flexibility index (Phi) is 4.46. The van der Waals surface area contributed by atoms with Crippen LogP contribution in [0.2, 0.25) is 0 Å². The average molecular weight is 266 g/mol. The smallest absolute Gasteiger partial charge is 0.109 e. The molecule has 0 amide bonds. The van der Waals surface area contributed by atoms with Gasteiger partial charge in [0.05, 0.1) is 25.4 Å². The van der Waals surface area contributed by atoms with E-state index < -0.39 is 0 Å². The van der Waals surface area contributed by atoms with Gasteiger partial charge in [0.25, 0.3) is 0 Å². The van der Waals surface area contributed by atoms with Gasteiger partial charge >= 0.3 is 0 Å². The van der Waals surface area contributed by atoms with Crippen molar-refractivity contribution in [2.45, 2.75) is 33.0 Å². The van der Waals surface area contributed by atoms with Crippen molar-refractivity contribution in [2.24, 2.45) is 0 Å². The van der Waals surface area contributed by atoms with E-state index in [0.29, 0.717) is 6.54 Å². The predicted molar refractivity (Wildman–Crippen MR) is 71.4 cm³/mol. The lowest BCUT2D eigenvalue weighted by Crippen LogP contribution is -2.17. The molecule has 98 valence electrons. The third-order valence-corrected chi connectivity index (χ3v) is 3.73. The fourth-order valence-electron chi connectivity index (χ4n) is 1.65. The molecule has 0 aliphatic carbocycles. The van der Waals surface area contributed by atoms with E-state index >= 15 is 0 Å². The van der Waals surface area contributed by atoms with E-state index in [1.165, 1.54) is 4.88 Å². The van der Waals surface area contributed by atoms with E-state index in [1.54, 1.807) is 16.0 Å². The van der Waals surface area contributed by atoms with Gasteiger partial charge in [-0.25, -0.2) is 4.98 Å². The summed E-state index contributed by atoms with van der Waals surface area (Å²) < 4.78 is 1.75. The van der Waals surface area contributed by atoms with Gasteiger partial charge in [0.1, 0.15) is 5.01 Å². The van der Waals surface area contributed by atoms with Crippen LogP contribution in [0.15, 0.2) is 18.6 Å². The number of aryl methyl sites for hydroxylation is 1. The van der Waals surface area contributed by atoms with Crippen molar-refractivity contribution in [2.75, 3.05) is 6.61 Å². The van der Waals surface area contributed by atoms with Gasteiger partial charge in [0.2, 0.25) is 0 Å². The van der Waals surface area contributed by atoms with Gasteiger partial charge in [0.15, 0.2) is 0 Å². The van der Waals surface area contributed by atoms with Gasteiger partial charge < -0.3 is 10.4 Å². The summed E-state index contributed by atoms with van der Waals surface area (Å²) in [4.78, 5) is 5.60. The normalized spacial score (nSPS) is 12.8. The number of hydrogen-bond donors (Lipinski definition) is 2. The number of thiazole rings is 1. The summed E-state index contributed by atoms with van der Waals surface area (Å²) in [6, 6.07) is 0.241. The Balaban J connectivity index is 1.86. The van der Waals surface area contributed by atoms with Gasteiger partial charge in [0, 0.05) is 29.4 Å². The van der Waals surface area contributed by atoms with Gasteiger partial charge in [-0.15, -0.1) is 11.3 Å². The Hall–Kier alpha value is -1.24. The lowest BCUT2D eigenvalue weighted by molar-refractivity contribution is 0.269. The maximum atomic E-state index is 8.81. The molecule has 6 heteroatoms.